The number of nitrogens with zero attached hydrogens (tertiary/aromatic N) is 2. The van der Waals surface area contributed by atoms with E-state index < -0.39 is 35.0 Å². The zero-order valence-corrected chi connectivity index (χ0v) is 17.7. The van der Waals surface area contributed by atoms with E-state index >= 15 is 0 Å². The maximum absolute atomic E-state index is 13.3. The quantitative estimate of drug-likeness (QED) is 0.403. The van der Waals surface area contributed by atoms with Gasteiger partial charge in [0.25, 0.3) is 5.91 Å². The molecule has 1 amide bonds. The van der Waals surface area contributed by atoms with E-state index in [4.69, 9.17) is 0 Å². The molecule has 0 atom stereocenters. The average molecular weight is 483 g/mol. The monoisotopic (exact) mass is 483 g/mol. The summed E-state index contributed by atoms with van der Waals surface area (Å²) >= 11 is 1.26. The second-order valence-corrected chi connectivity index (χ2v) is 7.69. The minimum atomic E-state index is -5.02. The highest BCUT2D eigenvalue weighted by Gasteiger charge is 2.38. The largest absolute Gasteiger partial charge is 0.417 e. The summed E-state index contributed by atoms with van der Waals surface area (Å²) in [6.07, 6.45) is -6.77. The molecule has 0 radical (unpaired) electrons. The Morgan fingerprint density at radius 2 is 1.82 bits per heavy atom. The van der Waals surface area contributed by atoms with E-state index in [1.807, 2.05) is 0 Å². The number of aromatic nitrogens is 1. The third-order valence-corrected chi connectivity index (χ3v) is 5.41. The smallest absolute Gasteiger partial charge is 0.322 e. The van der Waals surface area contributed by atoms with Crippen molar-refractivity contribution in [3.05, 3.63) is 69.0 Å². The second kappa shape index (κ2) is 9.18. The summed E-state index contributed by atoms with van der Waals surface area (Å²) in [5.41, 5.74) is -3.35. The highest BCUT2D eigenvalue weighted by molar-refractivity contribution is 7.13. The maximum Gasteiger partial charge on any atom is 0.417 e. The van der Waals surface area contributed by atoms with Gasteiger partial charge in [-0.15, -0.1) is 11.3 Å². The Morgan fingerprint density at radius 3 is 2.45 bits per heavy atom. The molecule has 11 heteroatoms. The minimum absolute atomic E-state index is 0.0842. The van der Waals surface area contributed by atoms with Crippen molar-refractivity contribution in [1.29, 1.82) is 0 Å². The van der Waals surface area contributed by atoms with Gasteiger partial charge in [-0.05, 0) is 37.3 Å². The van der Waals surface area contributed by atoms with Gasteiger partial charge in [0.1, 0.15) is 5.01 Å². The van der Waals surface area contributed by atoms with Gasteiger partial charge in [0.2, 0.25) is 0 Å². The van der Waals surface area contributed by atoms with Gasteiger partial charge in [-0.1, -0.05) is 18.7 Å². The molecular formula is C22H15F6N3OS. The van der Waals surface area contributed by atoms with E-state index in [-0.39, 0.29) is 23.9 Å². The maximum atomic E-state index is 13.3. The van der Waals surface area contributed by atoms with E-state index in [0.717, 1.165) is 0 Å². The normalized spacial score (nSPS) is 13.0. The summed E-state index contributed by atoms with van der Waals surface area (Å²) in [6, 6.07) is 6.76. The fourth-order valence-electron chi connectivity index (χ4n) is 2.81. The number of nitrogens with one attached hydrogen (secondary N) is 1. The number of aliphatic imine (C=N–C) groups is 1. The van der Waals surface area contributed by atoms with Crippen LogP contribution in [0, 0.1) is 0 Å². The van der Waals surface area contributed by atoms with Crippen LogP contribution in [0.15, 0.2) is 47.5 Å². The fourth-order valence-corrected chi connectivity index (χ4v) is 3.70. The fraction of sp³-hybridized carbons (Fsp3) is 0.136. The lowest BCUT2D eigenvalue weighted by Crippen LogP contribution is -2.20. The highest BCUT2D eigenvalue weighted by atomic mass is 32.1. The van der Waals surface area contributed by atoms with Gasteiger partial charge >= 0.3 is 12.4 Å². The first-order chi connectivity index (χ1) is 15.4. The summed E-state index contributed by atoms with van der Waals surface area (Å²) in [7, 11) is 0. The van der Waals surface area contributed by atoms with Crippen molar-refractivity contribution in [1.82, 2.24) is 4.98 Å². The Hall–Kier alpha value is -3.47. The molecule has 4 nitrogen and oxygen atoms in total. The number of hydrogen-bond donors (Lipinski definition) is 1. The summed E-state index contributed by atoms with van der Waals surface area (Å²) < 4.78 is 79.6. The number of hydrogen-bond acceptors (Lipinski definition) is 4. The second-order valence-electron chi connectivity index (χ2n) is 6.66. The number of alkyl halides is 6. The Labute approximate surface area is 187 Å². The lowest BCUT2D eigenvalue weighted by Gasteiger charge is -2.16. The molecule has 0 spiro atoms. The van der Waals surface area contributed by atoms with Crippen LogP contribution in [0.1, 0.15) is 28.4 Å². The molecule has 2 aromatic carbocycles. The van der Waals surface area contributed by atoms with Gasteiger partial charge in [0.05, 0.1) is 26.6 Å². The first-order valence-corrected chi connectivity index (χ1v) is 10.1. The number of carbonyl (C=O) groups is 1. The zero-order valence-electron chi connectivity index (χ0n) is 16.9. The molecule has 1 aromatic heterocycles. The topological polar surface area (TPSA) is 54.4 Å². The van der Waals surface area contributed by atoms with Gasteiger partial charge in [-0.25, -0.2) is 4.98 Å². The van der Waals surface area contributed by atoms with Crippen molar-refractivity contribution in [2.24, 2.45) is 4.99 Å². The van der Waals surface area contributed by atoms with Crippen LogP contribution in [0.25, 0.3) is 23.3 Å². The molecule has 0 unspecified atom stereocenters. The minimum Gasteiger partial charge on any atom is -0.322 e. The van der Waals surface area contributed by atoms with Crippen LogP contribution in [0.5, 0.6) is 0 Å². The summed E-state index contributed by atoms with van der Waals surface area (Å²) in [5.74, 6) is -1.33. The van der Waals surface area contributed by atoms with Crippen molar-refractivity contribution in [2.75, 3.05) is 5.32 Å². The van der Waals surface area contributed by atoms with Gasteiger partial charge in [-0.2, -0.15) is 26.3 Å². The van der Waals surface area contributed by atoms with Crippen molar-refractivity contribution in [2.45, 2.75) is 19.3 Å². The molecule has 0 aliphatic carbocycles. The van der Waals surface area contributed by atoms with Gasteiger partial charge in [0, 0.05) is 23.7 Å². The Morgan fingerprint density at radius 1 is 1.09 bits per heavy atom. The summed E-state index contributed by atoms with van der Waals surface area (Å²) in [4.78, 5) is 20.9. The van der Waals surface area contributed by atoms with Crippen molar-refractivity contribution >= 4 is 41.9 Å². The first-order valence-electron chi connectivity index (χ1n) is 9.24. The molecular weight excluding hydrogens is 468 g/mol. The average Bonchev–Trinajstić information content (AvgIpc) is 3.11. The van der Waals surface area contributed by atoms with Crippen LogP contribution in [-0.2, 0) is 12.4 Å². The number of thiazole rings is 1. The van der Waals surface area contributed by atoms with Crippen LogP contribution in [-0.4, -0.2) is 17.1 Å². The van der Waals surface area contributed by atoms with Crippen LogP contribution in [0.4, 0.5) is 32.0 Å². The van der Waals surface area contributed by atoms with Crippen molar-refractivity contribution in [3.8, 4) is 10.6 Å². The molecule has 0 aliphatic heterocycles. The van der Waals surface area contributed by atoms with E-state index in [9.17, 15) is 31.1 Å². The standard InChI is InChI=1S/C22H15F6N3OS/c1-3-29-11-18-12(2)30-20(33-18)13-5-4-6-15(9-13)31-19(32)16-10-14(21(23,24)25)7-8-17(16)22(26,27)28/h3-11H,2H2,1H3,(H,31,32)/b18-11+,29-3?. The van der Waals surface area contributed by atoms with E-state index in [0.29, 0.717) is 20.5 Å². The number of amides is 1. The number of rotatable bonds is 4. The molecule has 172 valence electrons. The van der Waals surface area contributed by atoms with E-state index in [1.165, 1.54) is 29.5 Å². The predicted octanol–water partition coefficient (Wildman–Crippen LogP) is 5.34. The molecule has 1 heterocycles. The number of halogens is 6. The molecule has 33 heavy (non-hydrogen) atoms. The van der Waals surface area contributed by atoms with Gasteiger partial charge < -0.3 is 5.32 Å². The van der Waals surface area contributed by atoms with Crippen molar-refractivity contribution < 1.29 is 31.1 Å². The van der Waals surface area contributed by atoms with Crippen LogP contribution in [0.3, 0.4) is 0 Å². The molecule has 0 fully saturated rings. The highest BCUT2D eigenvalue weighted by Crippen LogP contribution is 2.37. The first kappa shape index (κ1) is 24.2. The van der Waals surface area contributed by atoms with Crippen LogP contribution < -0.4 is 15.2 Å². The predicted molar refractivity (Wildman–Crippen MR) is 115 cm³/mol. The molecule has 0 saturated heterocycles. The molecule has 0 bridgehead atoms. The van der Waals surface area contributed by atoms with Crippen LogP contribution in [0.2, 0.25) is 0 Å². The van der Waals surface area contributed by atoms with Crippen LogP contribution >= 0.6 is 11.3 Å². The summed E-state index contributed by atoms with van der Waals surface area (Å²) in [5, 5.41) is 3.22. The van der Waals surface area contributed by atoms with Gasteiger partial charge in [-0.3, -0.25) is 9.79 Å². The number of carbonyl (C=O) groups excluding carboxylic acids is 1. The SMILES string of the molecule is C=c1nc(-c2cccc(NC(=O)c3cc(C(F)(F)F)ccc3C(F)(F)F)c2)s/c1=C/N=CC. The third-order valence-electron chi connectivity index (χ3n) is 4.33. The van der Waals surface area contributed by atoms with Gasteiger partial charge in [0.15, 0.2) is 0 Å². The number of benzene rings is 2. The lowest BCUT2D eigenvalue weighted by molar-refractivity contribution is -0.141. The van der Waals surface area contributed by atoms with Crippen molar-refractivity contribution in [3.63, 3.8) is 0 Å². The van der Waals surface area contributed by atoms with E-state index in [1.54, 1.807) is 25.4 Å². The Bertz CT molecular complexity index is 1330. The molecule has 3 rings (SSSR count). The summed E-state index contributed by atoms with van der Waals surface area (Å²) in [6.45, 7) is 5.55. The number of anilines is 1. The molecule has 3 aromatic rings. The third kappa shape index (κ3) is 5.67. The zero-order chi connectivity index (χ0) is 24.4. The molecule has 0 aliphatic rings. The molecule has 0 saturated carbocycles. The Kier molecular flexibility index (Phi) is 6.73. The lowest BCUT2D eigenvalue weighted by atomic mass is 10.0. The molecule has 1 N–H and O–H groups in total. The Balaban J connectivity index is 1.97. The van der Waals surface area contributed by atoms with E-state index in [2.05, 4.69) is 21.9 Å².